The Morgan fingerprint density at radius 3 is 2.59 bits per heavy atom. The van der Waals surface area contributed by atoms with Crippen LogP contribution in [0, 0.1) is 0 Å². The molecule has 22 heavy (non-hydrogen) atoms. The number of hydrogen-bond acceptors (Lipinski definition) is 4. The van der Waals surface area contributed by atoms with Crippen LogP contribution in [-0.2, 0) is 9.53 Å². The van der Waals surface area contributed by atoms with Crippen molar-refractivity contribution in [3.05, 3.63) is 29.8 Å². The van der Waals surface area contributed by atoms with Crippen molar-refractivity contribution in [3.8, 4) is 0 Å². The zero-order chi connectivity index (χ0) is 15.9. The maximum atomic E-state index is 11.9. The number of hydrogen-bond donors (Lipinski definition) is 2. The third-order valence-electron chi connectivity index (χ3n) is 3.20. The molecule has 3 amide bonds. The summed E-state index contributed by atoms with van der Waals surface area (Å²) in [6, 6.07) is 6.66. The Balaban J connectivity index is 1.72. The van der Waals surface area contributed by atoms with Gasteiger partial charge in [-0.05, 0) is 30.7 Å². The van der Waals surface area contributed by atoms with Crippen molar-refractivity contribution in [2.45, 2.75) is 13.3 Å². The van der Waals surface area contributed by atoms with Gasteiger partial charge < -0.3 is 20.3 Å². The minimum absolute atomic E-state index is 0.155. The molecule has 0 unspecified atom stereocenters. The fourth-order valence-electron chi connectivity index (χ4n) is 2.11. The fraction of sp³-hybridized carbons (Fsp3) is 0.400. The normalized spacial score (nSPS) is 13.7. The minimum Gasteiger partial charge on any atom is -0.448 e. The van der Waals surface area contributed by atoms with E-state index in [9.17, 15) is 14.4 Å². The SMILES string of the molecule is CC(=O)Nc1ccc(C(=O)NCCCN2CCOC2=O)cc1. The Morgan fingerprint density at radius 1 is 1.27 bits per heavy atom. The first-order valence-corrected chi connectivity index (χ1v) is 7.14. The van der Waals surface area contributed by atoms with Gasteiger partial charge in [-0.15, -0.1) is 0 Å². The fourth-order valence-corrected chi connectivity index (χ4v) is 2.11. The summed E-state index contributed by atoms with van der Waals surface area (Å²) in [5, 5.41) is 5.43. The molecule has 0 saturated carbocycles. The van der Waals surface area contributed by atoms with Crippen LogP contribution in [0.2, 0.25) is 0 Å². The Bertz CT molecular complexity index is 556. The van der Waals surface area contributed by atoms with Crippen LogP contribution in [0.3, 0.4) is 0 Å². The van der Waals surface area contributed by atoms with E-state index < -0.39 is 0 Å². The van der Waals surface area contributed by atoms with E-state index in [0.717, 1.165) is 0 Å². The highest BCUT2D eigenvalue weighted by atomic mass is 16.6. The smallest absolute Gasteiger partial charge is 0.409 e. The molecule has 1 aliphatic heterocycles. The van der Waals surface area contributed by atoms with E-state index in [1.54, 1.807) is 29.2 Å². The molecule has 0 atom stereocenters. The molecule has 2 N–H and O–H groups in total. The lowest BCUT2D eigenvalue weighted by atomic mass is 10.2. The van der Waals surface area contributed by atoms with Crippen LogP contribution in [0.5, 0.6) is 0 Å². The lowest BCUT2D eigenvalue weighted by molar-refractivity contribution is -0.114. The second-order valence-electron chi connectivity index (χ2n) is 4.97. The van der Waals surface area contributed by atoms with Crippen molar-refractivity contribution in [2.75, 3.05) is 31.6 Å². The summed E-state index contributed by atoms with van der Waals surface area (Å²) in [5.41, 5.74) is 1.17. The number of nitrogens with one attached hydrogen (secondary N) is 2. The first-order chi connectivity index (χ1) is 10.6. The van der Waals surface area contributed by atoms with Gasteiger partial charge >= 0.3 is 6.09 Å². The van der Waals surface area contributed by atoms with Gasteiger partial charge in [0.05, 0.1) is 6.54 Å². The van der Waals surface area contributed by atoms with E-state index in [0.29, 0.717) is 43.9 Å². The minimum atomic E-state index is -0.292. The molecule has 7 heteroatoms. The van der Waals surface area contributed by atoms with Gasteiger partial charge in [0.1, 0.15) is 6.61 Å². The number of nitrogens with zero attached hydrogens (tertiary/aromatic N) is 1. The second-order valence-corrected chi connectivity index (χ2v) is 4.97. The standard InChI is InChI=1S/C15H19N3O4/c1-11(19)17-13-5-3-12(4-6-13)14(20)16-7-2-8-18-9-10-22-15(18)21/h3-6H,2,7-10H2,1H3,(H,16,20)(H,17,19). The lowest BCUT2D eigenvalue weighted by Gasteiger charge is -2.12. The van der Waals surface area contributed by atoms with E-state index >= 15 is 0 Å². The van der Waals surface area contributed by atoms with Crippen LogP contribution in [0.1, 0.15) is 23.7 Å². The molecule has 2 rings (SSSR count). The third-order valence-corrected chi connectivity index (χ3v) is 3.20. The molecular weight excluding hydrogens is 286 g/mol. The number of ether oxygens (including phenoxy) is 1. The molecule has 0 radical (unpaired) electrons. The summed E-state index contributed by atoms with van der Waals surface area (Å²) in [7, 11) is 0. The lowest BCUT2D eigenvalue weighted by Crippen LogP contribution is -2.30. The third kappa shape index (κ3) is 4.47. The quantitative estimate of drug-likeness (QED) is 0.774. The van der Waals surface area contributed by atoms with Crippen molar-refractivity contribution in [2.24, 2.45) is 0 Å². The predicted molar refractivity (Wildman–Crippen MR) is 80.6 cm³/mol. The van der Waals surface area contributed by atoms with Crippen molar-refractivity contribution < 1.29 is 19.1 Å². The molecule has 0 spiro atoms. The van der Waals surface area contributed by atoms with Gasteiger partial charge in [0.15, 0.2) is 0 Å². The van der Waals surface area contributed by atoms with Gasteiger partial charge in [-0.1, -0.05) is 0 Å². The number of cyclic esters (lactones) is 1. The van der Waals surface area contributed by atoms with Crippen LogP contribution >= 0.6 is 0 Å². The largest absolute Gasteiger partial charge is 0.448 e. The van der Waals surface area contributed by atoms with Gasteiger partial charge in [0.2, 0.25) is 5.91 Å². The zero-order valence-corrected chi connectivity index (χ0v) is 12.4. The number of rotatable bonds is 6. The summed E-state index contributed by atoms with van der Waals surface area (Å²) < 4.78 is 4.82. The highest BCUT2D eigenvalue weighted by Gasteiger charge is 2.20. The highest BCUT2D eigenvalue weighted by Crippen LogP contribution is 2.09. The summed E-state index contributed by atoms with van der Waals surface area (Å²) in [4.78, 5) is 35.7. The van der Waals surface area contributed by atoms with Gasteiger partial charge in [-0.25, -0.2) is 4.79 Å². The Kier molecular flexibility index (Phi) is 5.35. The maximum absolute atomic E-state index is 11.9. The predicted octanol–water partition coefficient (Wildman–Crippen LogP) is 1.22. The molecule has 1 aliphatic rings. The number of carbonyl (C=O) groups is 3. The van der Waals surface area contributed by atoms with Gasteiger partial charge in [-0.3, -0.25) is 9.59 Å². The van der Waals surface area contributed by atoms with Crippen LogP contribution in [0.25, 0.3) is 0 Å². The monoisotopic (exact) mass is 305 g/mol. The van der Waals surface area contributed by atoms with Crippen LogP contribution in [0.15, 0.2) is 24.3 Å². The molecule has 1 saturated heterocycles. The number of amides is 3. The topological polar surface area (TPSA) is 87.7 Å². The molecule has 1 heterocycles. The maximum Gasteiger partial charge on any atom is 0.409 e. The first kappa shape index (κ1) is 15.8. The summed E-state index contributed by atoms with van der Waals surface area (Å²) in [6.45, 7) is 3.52. The van der Waals surface area contributed by atoms with E-state index in [-0.39, 0.29) is 17.9 Å². The molecule has 0 aromatic heterocycles. The molecule has 1 fully saturated rings. The number of benzene rings is 1. The summed E-state index contributed by atoms with van der Waals surface area (Å²) in [6.07, 6.45) is 0.380. The van der Waals surface area contributed by atoms with Crippen molar-refractivity contribution >= 4 is 23.6 Å². The molecule has 0 bridgehead atoms. The van der Waals surface area contributed by atoms with Crippen LogP contribution in [-0.4, -0.2) is 49.0 Å². The average Bonchev–Trinajstić information content (AvgIpc) is 2.89. The molecule has 7 nitrogen and oxygen atoms in total. The van der Waals surface area contributed by atoms with Crippen molar-refractivity contribution in [3.63, 3.8) is 0 Å². The molecule has 1 aromatic rings. The van der Waals surface area contributed by atoms with E-state index in [2.05, 4.69) is 10.6 Å². The molecule has 1 aromatic carbocycles. The number of carbonyl (C=O) groups excluding carboxylic acids is 3. The summed E-state index contributed by atoms with van der Waals surface area (Å²) >= 11 is 0. The van der Waals surface area contributed by atoms with E-state index in [4.69, 9.17) is 4.74 Å². The van der Waals surface area contributed by atoms with E-state index in [1.165, 1.54) is 6.92 Å². The van der Waals surface area contributed by atoms with Crippen LogP contribution in [0.4, 0.5) is 10.5 Å². The number of anilines is 1. The molecule has 0 aliphatic carbocycles. The Morgan fingerprint density at radius 2 is 2.00 bits per heavy atom. The average molecular weight is 305 g/mol. The van der Waals surface area contributed by atoms with Gasteiger partial charge in [-0.2, -0.15) is 0 Å². The highest BCUT2D eigenvalue weighted by molar-refractivity contribution is 5.95. The first-order valence-electron chi connectivity index (χ1n) is 7.14. The van der Waals surface area contributed by atoms with E-state index in [1.807, 2.05) is 0 Å². The van der Waals surface area contributed by atoms with Crippen LogP contribution < -0.4 is 10.6 Å². The van der Waals surface area contributed by atoms with Gasteiger partial charge in [0, 0.05) is 31.3 Å². The van der Waals surface area contributed by atoms with Crippen molar-refractivity contribution in [1.29, 1.82) is 0 Å². The summed E-state index contributed by atoms with van der Waals surface area (Å²) in [5.74, 6) is -0.337. The second kappa shape index (κ2) is 7.44. The van der Waals surface area contributed by atoms with Gasteiger partial charge in [0.25, 0.3) is 5.91 Å². The van der Waals surface area contributed by atoms with Crippen molar-refractivity contribution in [1.82, 2.24) is 10.2 Å². The Labute approximate surface area is 128 Å². The molecular formula is C15H19N3O4. The Hall–Kier alpha value is -2.57. The zero-order valence-electron chi connectivity index (χ0n) is 12.4. The molecule has 118 valence electrons.